The van der Waals surface area contributed by atoms with E-state index in [1.54, 1.807) is 35.2 Å². The van der Waals surface area contributed by atoms with Gasteiger partial charge in [-0.1, -0.05) is 85.3 Å². The molecule has 40 heavy (non-hydrogen) atoms. The van der Waals surface area contributed by atoms with Crippen molar-refractivity contribution in [1.82, 2.24) is 10.2 Å². The van der Waals surface area contributed by atoms with Crippen LogP contribution in [0.3, 0.4) is 0 Å². The van der Waals surface area contributed by atoms with Crippen LogP contribution >= 0.6 is 11.6 Å². The van der Waals surface area contributed by atoms with Gasteiger partial charge in [-0.25, -0.2) is 8.42 Å². The average Bonchev–Trinajstić information content (AvgIpc) is 2.94. The Bertz CT molecular complexity index is 1350. The Morgan fingerprint density at radius 3 is 2.12 bits per heavy atom. The van der Waals surface area contributed by atoms with Crippen molar-refractivity contribution in [3.8, 4) is 0 Å². The summed E-state index contributed by atoms with van der Waals surface area (Å²) < 4.78 is 26.3. The first-order chi connectivity index (χ1) is 19.1. The number of rotatable bonds is 14. The highest BCUT2D eigenvalue weighted by Crippen LogP contribution is 2.22. The Morgan fingerprint density at radius 2 is 1.52 bits per heavy atom. The number of benzene rings is 3. The van der Waals surface area contributed by atoms with E-state index >= 15 is 0 Å². The van der Waals surface area contributed by atoms with Crippen molar-refractivity contribution in [2.45, 2.75) is 58.2 Å². The lowest BCUT2D eigenvalue weighted by Gasteiger charge is -2.33. The van der Waals surface area contributed by atoms with E-state index in [9.17, 15) is 18.0 Å². The third-order valence-electron chi connectivity index (χ3n) is 6.77. The molecule has 3 rings (SSSR count). The zero-order valence-corrected chi connectivity index (χ0v) is 24.9. The van der Waals surface area contributed by atoms with Gasteiger partial charge in [-0.15, -0.1) is 0 Å². The zero-order chi connectivity index (χ0) is 29.1. The molecule has 2 amide bonds. The van der Waals surface area contributed by atoms with E-state index in [2.05, 4.69) is 5.32 Å². The minimum atomic E-state index is -3.55. The fourth-order valence-electron chi connectivity index (χ4n) is 4.40. The molecule has 0 aliphatic rings. The number of carbonyl (C=O) groups excluding carboxylic acids is 2. The molecule has 214 valence electrons. The highest BCUT2D eigenvalue weighted by atomic mass is 35.5. The van der Waals surface area contributed by atoms with Crippen LogP contribution in [-0.4, -0.2) is 50.0 Å². The van der Waals surface area contributed by atoms with Gasteiger partial charge < -0.3 is 10.2 Å². The molecule has 3 aromatic carbocycles. The van der Waals surface area contributed by atoms with Crippen LogP contribution in [0.1, 0.15) is 44.2 Å². The topological polar surface area (TPSA) is 86.8 Å². The number of amides is 2. The predicted octanol–water partition coefficient (Wildman–Crippen LogP) is 5.44. The van der Waals surface area contributed by atoms with Gasteiger partial charge in [0.25, 0.3) is 0 Å². The van der Waals surface area contributed by atoms with Crippen LogP contribution in [0.15, 0.2) is 84.9 Å². The summed E-state index contributed by atoms with van der Waals surface area (Å²) in [5.41, 5.74) is 2.20. The number of hydrogen-bond donors (Lipinski definition) is 1. The van der Waals surface area contributed by atoms with Crippen LogP contribution in [0.25, 0.3) is 0 Å². The number of anilines is 1. The van der Waals surface area contributed by atoms with Crippen LogP contribution in [0.5, 0.6) is 0 Å². The largest absolute Gasteiger partial charge is 0.352 e. The highest BCUT2D eigenvalue weighted by Gasteiger charge is 2.31. The molecule has 0 fully saturated rings. The van der Waals surface area contributed by atoms with Crippen molar-refractivity contribution in [2.24, 2.45) is 0 Å². The van der Waals surface area contributed by atoms with Gasteiger partial charge in [0.05, 0.1) is 11.9 Å². The van der Waals surface area contributed by atoms with Crippen LogP contribution in [0.4, 0.5) is 5.69 Å². The maximum atomic E-state index is 13.9. The lowest BCUT2D eigenvalue weighted by Crippen LogP contribution is -2.52. The minimum Gasteiger partial charge on any atom is -0.352 e. The van der Waals surface area contributed by atoms with E-state index in [0.717, 1.165) is 23.8 Å². The van der Waals surface area contributed by atoms with Crippen molar-refractivity contribution in [2.75, 3.05) is 17.1 Å². The van der Waals surface area contributed by atoms with Gasteiger partial charge in [0.2, 0.25) is 21.8 Å². The molecule has 0 saturated carbocycles. The zero-order valence-electron chi connectivity index (χ0n) is 23.3. The summed E-state index contributed by atoms with van der Waals surface area (Å²) in [4.78, 5) is 29.0. The van der Waals surface area contributed by atoms with Crippen molar-refractivity contribution in [3.05, 3.63) is 101 Å². The van der Waals surface area contributed by atoms with Crippen LogP contribution in [0.2, 0.25) is 5.02 Å². The number of sulfonamides is 1. The summed E-state index contributed by atoms with van der Waals surface area (Å²) in [6, 6.07) is 24.8. The van der Waals surface area contributed by atoms with E-state index < -0.39 is 16.1 Å². The first kappa shape index (κ1) is 31.2. The Balaban J connectivity index is 1.89. The molecule has 1 N–H and O–H groups in total. The summed E-state index contributed by atoms with van der Waals surface area (Å²) in [7, 11) is -3.55. The first-order valence-corrected chi connectivity index (χ1v) is 15.7. The summed E-state index contributed by atoms with van der Waals surface area (Å²) in [6.45, 7) is 4.21. The third-order valence-corrected chi connectivity index (χ3v) is 8.33. The molecule has 7 nitrogen and oxygen atoms in total. The Labute approximate surface area is 243 Å². The van der Waals surface area contributed by atoms with Gasteiger partial charge in [-0.3, -0.25) is 13.9 Å². The monoisotopic (exact) mass is 583 g/mol. The SMILES string of the molecule is CC[C@@H](C)NC(=O)[C@H](Cc1ccccc1)N(Cc1ccccc1Cl)C(=O)CCCN(c1ccccc1)S(C)(=O)=O. The number of nitrogens with one attached hydrogen (secondary N) is 1. The standard InChI is InChI=1S/C31H38ClN3O4S/c1-4-24(2)33-31(37)29(22-25-14-7-5-8-15-25)34(23-26-16-11-12-19-28(26)32)30(36)20-13-21-35(40(3,38)39)27-17-9-6-10-18-27/h5-12,14-19,24,29H,4,13,20-23H2,1-3H3,(H,33,37)/t24-,29+/m1/s1. The minimum absolute atomic E-state index is 0.0581. The van der Waals surface area contributed by atoms with E-state index in [4.69, 9.17) is 11.6 Å². The normalized spacial score (nSPS) is 12.8. The summed E-state index contributed by atoms with van der Waals surface area (Å²) >= 11 is 6.48. The van der Waals surface area contributed by atoms with Crippen LogP contribution < -0.4 is 9.62 Å². The second kappa shape index (κ2) is 14.9. The highest BCUT2D eigenvalue weighted by molar-refractivity contribution is 7.92. The van der Waals surface area contributed by atoms with Crippen molar-refractivity contribution >= 4 is 39.1 Å². The number of hydrogen-bond acceptors (Lipinski definition) is 4. The maximum Gasteiger partial charge on any atom is 0.243 e. The lowest BCUT2D eigenvalue weighted by molar-refractivity contribution is -0.141. The third kappa shape index (κ3) is 9.10. The molecule has 3 aromatic rings. The second-order valence-corrected chi connectivity index (χ2v) is 12.2. The fourth-order valence-corrected chi connectivity index (χ4v) is 5.56. The Kier molecular flexibility index (Phi) is 11.6. The second-order valence-electron chi connectivity index (χ2n) is 9.91. The summed E-state index contributed by atoms with van der Waals surface area (Å²) in [5, 5.41) is 3.56. The van der Waals surface area contributed by atoms with Crippen LogP contribution in [0, 0.1) is 0 Å². The quantitative estimate of drug-likeness (QED) is 0.274. The van der Waals surface area contributed by atoms with Gasteiger partial charge in [0.15, 0.2) is 0 Å². The van der Waals surface area contributed by atoms with E-state index in [1.807, 2.05) is 68.4 Å². The Hall–Kier alpha value is -3.36. The molecule has 0 saturated heterocycles. The number of nitrogens with zero attached hydrogens (tertiary/aromatic N) is 2. The number of halogens is 1. The summed E-state index contributed by atoms with van der Waals surface area (Å²) in [6.07, 6.45) is 2.58. The molecule has 0 aromatic heterocycles. The molecular weight excluding hydrogens is 546 g/mol. The molecule has 0 aliphatic carbocycles. The molecule has 0 heterocycles. The van der Waals surface area contributed by atoms with Crippen molar-refractivity contribution in [1.29, 1.82) is 0 Å². The van der Waals surface area contributed by atoms with E-state index in [1.165, 1.54) is 4.31 Å². The van der Waals surface area contributed by atoms with Gasteiger partial charge in [0, 0.05) is 37.0 Å². The Morgan fingerprint density at radius 1 is 0.925 bits per heavy atom. The molecule has 0 aliphatic heterocycles. The summed E-state index contributed by atoms with van der Waals surface area (Å²) in [5.74, 6) is -0.484. The number of carbonyl (C=O) groups is 2. The molecule has 9 heteroatoms. The van der Waals surface area contributed by atoms with Crippen molar-refractivity contribution in [3.63, 3.8) is 0 Å². The van der Waals surface area contributed by atoms with E-state index in [0.29, 0.717) is 17.1 Å². The first-order valence-electron chi connectivity index (χ1n) is 13.5. The fraction of sp³-hybridized carbons (Fsp3) is 0.355. The molecule has 0 unspecified atom stereocenters. The van der Waals surface area contributed by atoms with Gasteiger partial charge in [-0.2, -0.15) is 0 Å². The predicted molar refractivity (Wildman–Crippen MR) is 162 cm³/mol. The van der Waals surface area contributed by atoms with Gasteiger partial charge in [0.1, 0.15) is 6.04 Å². The molecule has 0 bridgehead atoms. The molecular formula is C31H38ClN3O4S. The molecule has 0 spiro atoms. The molecule has 0 radical (unpaired) electrons. The lowest BCUT2D eigenvalue weighted by atomic mass is 10.0. The average molecular weight is 584 g/mol. The smallest absolute Gasteiger partial charge is 0.243 e. The maximum absolute atomic E-state index is 13.9. The van der Waals surface area contributed by atoms with Crippen LogP contribution in [-0.2, 0) is 32.6 Å². The van der Waals surface area contributed by atoms with Crippen molar-refractivity contribution < 1.29 is 18.0 Å². The molecule has 2 atom stereocenters. The van der Waals surface area contributed by atoms with E-state index in [-0.39, 0.29) is 43.8 Å². The number of para-hydroxylation sites is 1. The van der Waals surface area contributed by atoms with Gasteiger partial charge in [-0.05, 0) is 49.1 Å². The van der Waals surface area contributed by atoms with Gasteiger partial charge >= 0.3 is 0 Å².